The monoisotopic (exact) mass is 181 g/mol. The van der Waals surface area contributed by atoms with E-state index in [-0.39, 0.29) is 0 Å². The maximum absolute atomic E-state index is 5.32. The zero-order chi connectivity index (χ0) is 7.65. The van der Waals surface area contributed by atoms with Crippen LogP contribution in [0.2, 0.25) is 0 Å². The molecule has 0 saturated carbocycles. The van der Waals surface area contributed by atoms with Gasteiger partial charge in [-0.15, -0.1) is 11.8 Å². The van der Waals surface area contributed by atoms with Crippen molar-refractivity contribution in [2.24, 2.45) is 0 Å². The summed E-state index contributed by atoms with van der Waals surface area (Å²) < 4.78 is 0. The van der Waals surface area contributed by atoms with E-state index in [0.717, 1.165) is 0 Å². The Bertz CT molecular complexity index is 117. The van der Waals surface area contributed by atoms with Gasteiger partial charge in [0, 0.05) is 0 Å². The predicted molar refractivity (Wildman–Crippen MR) is 51.9 cm³/mol. The Kier molecular flexibility index (Phi) is 3.79. The molecule has 0 aromatic heterocycles. The Hall–Kier alpha value is 1.00. The molecular weight excluding hydrogens is 167 g/mol. The third-order valence-electron chi connectivity index (χ3n) is 1.44. The SMILES string of the molecule is CC(C)P(=S)([S-])C(C)C. The van der Waals surface area contributed by atoms with E-state index in [1.807, 2.05) is 0 Å². The van der Waals surface area contributed by atoms with E-state index in [1.165, 1.54) is 0 Å². The standard InChI is InChI=1S/C6H15PS2/c1-5(2)7(8,9)6(3)4/h5-6H,1-4H3,(H,8,9)/p-1. The fourth-order valence-electron chi connectivity index (χ4n) is 0.596. The highest BCUT2D eigenvalue weighted by Gasteiger charge is 2.09. The molecule has 3 heteroatoms. The zero-order valence-electron chi connectivity index (χ0n) is 6.42. The van der Waals surface area contributed by atoms with Crippen LogP contribution in [0.1, 0.15) is 27.7 Å². The van der Waals surface area contributed by atoms with Crippen LogP contribution in [0, 0.1) is 0 Å². The summed E-state index contributed by atoms with van der Waals surface area (Å²) in [6.07, 6.45) is 0. The van der Waals surface area contributed by atoms with Gasteiger partial charge < -0.3 is 12.2 Å². The van der Waals surface area contributed by atoms with Crippen LogP contribution in [0.4, 0.5) is 0 Å². The Morgan fingerprint density at radius 2 is 1.33 bits per heavy atom. The fraction of sp³-hybridized carbons (Fsp3) is 1.00. The smallest absolute Gasteiger partial charge is 0.0377 e. The Morgan fingerprint density at radius 3 is 1.33 bits per heavy atom. The molecule has 0 amide bonds. The first-order valence-corrected chi connectivity index (χ1v) is 7.14. The topological polar surface area (TPSA) is 0 Å². The third kappa shape index (κ3) is 2.61. The number of rotatable bonds is 2. The normalized spacial score (nSPS) is 13.2. The Morgan fingerprint density at radius 1 is 1.11 bits per heavy atom. The number of hydrogen-bond donors (Lipinski definition) is 0. The Labute approximate surface area is 68.6 Å². The lowest BCUT2D eigenvalue weighted by Gasteiger charge is -2.37. The van der Waals surface area contributed by atoms with E-state index in [9.17, 15) is 0 Å². The lowest BCUT2D eigenvalue weighted by atomic mass is 10.5. The minimum Gasteiger partial charge on any atom is -0.746 e. The summed E-state index contributed by atoms with van der Waals surface area (Å²) >= 11 is 10.6. The second-order valence-electron chi connectivity index (χ2n) is 2.83. The molecule has 0 N–H and O–H groups in total. The van der Waals surface area contributed by atoms with Crippen LogP contribution in [0.5, 0.6) is 0 Å². The third-order valence-corrected chi connectivity index (χ3v) is 9.38. The Balaban J connectivity index is 4.21. The van der Waals surface area contributed by atoms with E-state index in [4.69, 9.17) is 24.1 Å². The molecular formula is C6H14PS2-. The maximum Gasteiger partial charge on any atom is -0.0377 e. The van der Waals surface area contributed by atoms with Crippen LogP contribution in [-0.2, 0) is 24.1 Å². The molecule has 56 valence electrons. The van der Waals surface area contributed by atoms with Crippen LogP contribution >= 0.6 is 5.24 Å². The van der Waals surface area contributed by atoms with Crippen molar-refractivity contribution < 1.29 is 0 Å². The first kappa shape index (κ1) is 10.0. The zero-order valence-corrected chi connectivity index (χ0v) is 8.95. The van der Waals surface area contributed by atoms with Crippen LogP contribution in [-0.4, -0.2) is 11.3 Å². The van der Waals surface area contributed by atoms with Gasteiger partial charge in [-0.2, -0.15) is 5.24 Å². The summed E-state index contributed by atoms with van der Waals surface area (Å²) in [6, 6.07) is 0. The molecule has 0 aliphatic heterocycles. The van der Waals surface area contributed by atoms with Crippen molar-refractivity contribution in [3.63, 3.8) is 0 Å². The summed E-state index contributed by atoms with van der Waals surface area (Å²) in [7, 11) is 0. The predicted octanol–water partition coefficient (Wildman–Crippen LogP) is 2.74. The van der Waals surface area contributed by atoms with E-state index in [1.54, 1.807) is 0 Å². The summed E-state index contributed by atoms with van der Waals surface area (Å²) in [5.74, 6) is 0. The summed E-state index contributed by atoms with van der Waals surface area (Å²) in [5.41, 5.74) is 1.06. The summed E-state index contributed by atoms with van der Waals surface area (Å²) in [4.78, 5) is 0. The number of hydrogen-bond acceptors (Lipinski definition) is 2. The molecule has 0 spiro atoms. The highest BCUT2D eigenvalue weighted by Crippen LogP contribution is 2.52. The van der Waals surface area contributed by atoms with Crippen molar-refractivity contribution in [1.29, 1.82) is 0 Å². The molecule has 0 rings (SSSR count). The van der Waals surface area contributed by atoms with Gasteiger partial charge in [0.1, 0.15) is 0 Å². The highest BCUT2D eigenvalue weighted by molar-refractivity contribution is 8.55. The molecule has 0 fully saturated rings. The minimum absolute atomic E-state index is 0.530. The largest absolute Gasteiger partial charge is 0.746 e. The van der Waals surface area contributed by atoms with E-state index in [2.05, 4.69) is 27.7 Å². The van der Waals surface area contributed by atoms with Crippen molar-refractivity contribution in [2.75, 3.05) is 0 Å². The molecule has 0 radical (unpaired) electrons. The summed E-state index contributed by atoms with van der Waals surface area (Å²) in [5, 5.41) is -1.42. The summed E-state index contributed by atoms with van der Waals surface area (Å²) in [6.45, 7) is 8.53. The van der Waals surface area contributed by atoms with Crippen molar-refractivity contribution in [3.05, 3.63) is 0 Å². The van der Waals surface area contributed by atoms with Crippen LogP contribution in [0.25, 0.3) is 0 Å². The van der Waals surface area contributed by atoms with Crippen molar-refractivity contribution in [2.45, 2.75) is 39.0 Å². The molecule has 0 unspecified atom stereocenters. The van der Waals surface area contributed by atoms with E-state index < -0.39 is 5.24 Å². The molecule has 0 nitrogen and oxygen atoms in total. The lowest BCUT2D eigenvalue weighted by Crippen LogP contribution is -2.04. The lowest BCUT2D eigenvalue weighted by molar-refractivity contribution is 1.03. The van der Waals surface area contributed by atoms with Crippen molar-refractivity contribution >= 4 is 29.3 Å². The average molecular weight is 181 g/mol. The van der Waals surface area contributed by atoms with Gasteiger partial charge in [-0.3, -0.25) is 0 Å². The minimum atomic E-state index is -1.42. The van der Waals surface area contributed by atoms with Crippen molar-refractivity contribution in [1.82, 2.24) is 0 Å². The second-order valence-corrected chi connectivity index (χ2v) is 10.5. The van der Waals surface area contributed by atoms with E-state index >= 15 is 0 Å². The quantitative estimate of drug-likeness (QED) is 0.474. The molecule has 0 saturated heterocycles. The molecule has 0 bridgehead atoms. The van der Waals surface area contributed by atoms with Gasteiger partial charge in [-0.05, 0) is 11.3 Å². The second kappa shape index (κ2) is 3.41. The van der Waals surface area contributed by atoms with Crippen LogP contribution in [0.3, 0.4) is 0 Å². The highest BCUT2D eigenvalue weighted by atomic mass is 32.9. The van der Waals surface area contributed by atoms with Gasteiger partial charge in [-0.1, -0.05) is 27.7 Å². The molecule has 0 aliphatic carbocycles. The molecule has 0 heterocycles. The van der Waals surface area contributed by atoms with Crippen LogP contribution < -0.4 is 0 Å². The maximum atomic E-state index is 5.32. The van der Waals surface area contributed by atoms with Gasteiger partial charge in [0.15, 0.2) is 0 Å². The van der Waals surface area contributed by atoms with Crippen LogP contribution in [0.15, 0.2) is 0 Å². The van der Waals surface area contributed by atoms with Crippen molar-refractivity contribution in [3.8, 4) is 0 Å². The molecule has 0 aromatic rings. The molecule has 0 atom stereocenters. The molecule has 0 aliphatic rings. The first-order chi connectivity index (χ1) is 3.89. The van der Waals surface area contributed by atoms with Gasteiger partial charge in [0.2, 0.25) is 0 Å². The van der Waals surface area contributed by atoms with E-state index in [0.29, 0.717) is 11.3 Å². The molecule has 0 aromatic carbocycles. The first-order valence-electron chi connectivity index (χ1n) is 3.19. The van der Waals surface area contributed by atoms with Gasteiger partial charge in [-0.25, -0.2) is 0 Å². The fourth-order valence-corrected chi connectivity index (χ4v) is 1.79. The van der Waals surface area contributed by atoms with Gasteiger partial charge in [0.25, 0.3) is 0 Å². The van der Waals surface area contributed by atoms with Gasteiger partial charge in [0.05, 0.1) is 0 Å². The average Bonchev–Trinajstić information content (AvgIpc) is 1.65. The molecule has 9 heavy (non-hydrogen) atoms. The van der Waals surface area contributed by atoms with Gasteiger partial charge >= 0.3 is 0 Å².